The summed E-state index contributed by atoms with van der Waals surface area (Å²) in [5, 5.41) is 15.8. The molecule has 0 radical (unpaired) electrons. The monoisotopic (exact) mass is 377 g/mol. The summed E-state index contributed by atoms with van der Waals surface area (Å²) in [4.78, 5) is 34.5. The van der Waals surface area contributed by atoms with Crippen molar-refractivity contribution in [2.75, 3.05) is 0 Å². The Morgan fingerprint density at radius 1 is 1.04 bits per heavy atom. The van der Waals surface area contributed by atoms with Crippen molar-refractivity contribution < 1.29 is 23.3 Å². The molecule has 7 nitrogen and oxygen atoms in total. The Morgan fingerprint density at radius 3 is 2.37 bits per heavy atom. The first-order valence-corrected chi connectivity index (χ1v) is 7.99. The first-order chi connectivity index (χ1) is 12.7. The second-order valence-electron chi connectivity index (χ2n) is 5.91. The van der Waals surface area contributed by atoms with Crippen LogP contribution in [-0.4, -0.2) is 22.8 Å². The van der Waals surface area contributed by atoms with Crippen molar-refractivity contribution in [3.05, 3.63) is 75.3 Å². The van der Waals surface area contributed by atoms with E-state index in [1.54, 1.807) is 6.92 Å². The van der Waals surface area contributed by atoms with Crippen molar-refractivity contribution in [2.45, 2.75) is 25.9 Å². The van der Waals surface area contributed by atoms with E-state index in [1.807, 2.05) is 0 Å². The Balaban J connectivity index is 2.00. The summed E-state index contributed by atoms with van der Waals surface area (Å²) in [6, 6.07) is 6.80. The fourth-order valence-electron chi connectivity index (χ4n) is 2.31. The smallest absolute Gasteiger partial charge is 0.270 e. The van der Waals surface area contributed by atoms with Gasteiger partial charge in [-0.2, -0.15) is 0 Å². The van der Waals surface area contributed by atoms with Crippen LogP contribution in [0.2, 0.25) is 0 Å². The third-order valence-corrected chi connectivity index (χ3v) is 3.86. The van der Waals surface area contributed by atoms with Crippen molar-refractivity contribution in [3.63, 3.8) is 0 Å². The second kappa shape index (κ2) is 8.35. The number of nitrogens with zero attached hydrogens (tertiary/aromatic N) is 1. The van der Waals surface area contributed by atoms with E-state index in [2.05, 4.69) is 10.6 Å². The van der Waals surface area contributed by atoms with Gasteiger partial charge in [-0.05, 0) is 37.6 Å². The number of halogens is 2. The molecule has 0 spiro atoms. The Hall–Kier alpha value is -3.36. The van der Waals surface area contributed by atoms with Gasteiger partial charge in [0.15, 0.2) is 11.6 Å². The first kappa shape index (κ1) is 20.0. The number of carbonyl (C=O) groups excluding carboxylic acids is 2. The maximum absolute atomic E-state index is 13.3. The highest BCUT2D eigenvalue weighted by molar-refractivity contribution is 5.97. The zero-order chi connectivity index (χ0) is 20.1. The number of non-ortho nitro benzene ring substituents is 1. The zero-order valence-electron chi connectivity index (χ0n) is 14.5. The molecule has 2 aromatic carbocycles. The maximum Gasteiger partial charge on any atom is 0.270 e. The molecule has 0 heterocycles. The second-order valence-corrected chi connectivity index (χ2v) is 5.91. The molecule has 9 heteroatoms. The molecular weight excluding hydrogens is 360 g/mol. The van der Waals surface area contributed by atoms with E-state index in [4.69, 9.17) is 0 Å². The molecule has 0 saturated carbocycles. The van der Waals surface area contributed by atoms with Crippen molar-refractivity contribution in [1.82, 2.24) is 10.6 Å². The predicted octanol–water partition coefficient (Wildman–Crippen LogP) is 2.87. The Kier molecular flexibility index (Phi) is 6.17. The van der Waals surface area contributed by atoms with Crippen LogP contribution < -0.4 is 10.6 Å². The van der Waals surface area contributed by atoms with Gasteiger partial charge in [-0.25, -0.2) is 8.78 Å². The van der Waals surface area contributed by atoms with Crippen LogP contribution in [0.1, 0.15) is 35.8 Å². The number of carbonyl (C=O) groups is 2. The Morgan fingerprint density at radius 2 is 1.74 bits per heavy atom. The van der Waals surface area contributed by atoms with Crippen LogP contribution in [0.3, 0.4) is 0 Å². The molecule has 2 amide bonds. The first-order valence-electron chi connectivity index (χ1n) is 7.99. The van der Waals surface area contributed by atoms with Gasteiger partial charge in [-0.15, -0.1) is 0 Å². The average molecular weight is 377 g/mol. The van der Waals surface area contributed by atoms with E-state index in [1.165, 1.54) is 31.2 Å². The molecule has 2 N–H and O–H groups in total. The highest BCUT2D eigenvalue weighted by Crippen LogP contribution is 2.16. The molecule has 2 unspecified atom stereocenters. The average Bonchev–Trinajstić information content (AvgIpc) is 2.63. The van der Waals surface area contributed by atoms with Crippen LogP contribution in [0.4, 0.5) is 14.5 Å². The third kappa shape index (κ3) is 5.06. The summed E-state index contributed by atoms with van der Waals surface area (Å²) in [5.41, 5.74) is 0.156. The normalized spacial score (nSPS) is 12.7. The number of hydrogen-bond acceptors (Lipinski definition) is 4. The van der Waals surface area contributed by atoms with E-state index >= 15 is 0 Å². The standard InChI is InChI=1S/C18H17F2N3O4/c1-10(12-6-7-15(19)16(20)9-12)21-17(24)11(2)22-18(25)13-4-3-5-14(8-13)23(26)27/h3-11H,1-2H3,(H,21,24)(H,22,25). The van der Waals surface area contributed by atoms with E-state index in [9.17, 15) is 28.5 Å². The van der Waals surface area contributed by atoms with Gasteiger partial charge in [0.05, 0.1) is 11.0 Å². The summed E-state index contributed by atoms with van der Waals surface area (Å²) < 4.78 is 26.3. The van der Waals surface area contributed by atoms with Gasteiger partial charge in [-0.3, -0.25) is 19.7 Å². The number of nitro groups is 1. The van der Waals surface area contributed by atoms with Gasteiger partial charge >= 0.3 is 0 Å². The lowest BCUT2D eigenvalue weighted by molar-refractivity contribution is -0.384. The van der Waals surface area contributed by atoms with Crippen molar-refractivity contribution in [3.8, 4) is 0 Å². The van der Waals surface area contributed by atoms with Crippen molar-refractivity contribution in [1.29, 1.82) is 0 Å². The summed E-state index contributed by atoms with van der Waals surface area (Å²) in [6.45, 7) is 3.02. The van der Waals surface area contributed by atoms with Crippen LogP contribution >= 0.6 is 0 Å². The molecule has 0 aliphatic rings. The number of amides is 2. The molecule has 0 bridgehead atoms. The summed E-state index contributed by atoms with van der Waals surface area (Å²) in [6.07, 6.45) is 0. The van der Waals surface area contributed by atoms with E-state index < -0.39 is 40.5 Å². The lowest BCUT2D eigenvalue weighted by atomic mass is 10.1. The molecule has 0 aromatic heterocycles. The van der Waals surface area contributed by atoms with Gasteiger partial charge in [0, 0.05) is 17.7 Å². The minimum absolute atomic E-state index is 0.0394. The maximum atomic E-state index is 13.3. The molecule has 27 heavy (non-hydrogen) atoms. The fourth-order valence-corrected chi connectivity index (χ4v) is 2.31. The Bertz CT molecular complexity index is 889. The van der Waals surface area contributed by atoms with Gasteiger partial charge in [0.25, 0.3) is 11.6 Å². The topological polar surface area (TPSA) is 101 Å². The largest absolute Gasteiger partial charge is 0.348 e. The summed E-state index contributed by atoms with van der Waals surface area (Å²) in [7, 11) is 0. The number of rotatable bonds is 6. The summed E-state index contributed by atoms with van der Waals surface area (Å²) in [5.74, 6) is -3.22. The van der Waals surface area contributed by atoms with Crippen LogP contribution in [0, 0.1) is 21.7 Å². The number of benzene rings is 2. The van der Waals surface area contributed by atoms with Gasteiger partial charge in [0.1, 0.15) is 6.04 Å². The van der Waals surface area contributed by atoms with E-state index in [0.29, 0.717) is 5.56 Å². The molecule has 2 atom stereocenters. The summed E-state index contributed by atoms with van der Waals surface area (Å²) >= 11 is 0. The zero-order valence-corrected chi connectivity index (χ0v) is 14.5. The molecule has 2 aromatic rings. The number of hydrogen-bond donors (Lipinski definition) is 2. The quantitative estimate of drug-likeness (QED) is 0.597. The number of nitro benzene ring substituents is 1. The molecule has 142 valence electrons. The SMILES string of the molecule is CC(NC(=O)c1cccc([N+](=O)[O-])c1)C(=O)NC(C)c1ccc(F)c(F)c1. The Labute approximate surface area is 153 Å². The lowest BCUT2D eigenvalue weighted by Gasteiger charge is -2.19. The highest BCUT2D eigenvalue weighted by atomic mass is 19.2. The van der Waals surface area contributed by atoms with Crippen LogP contribution in [0.25, 0.3) is 0 Å². The highest BCUT2D eigenvalue weighted by Gasteiger charge is 2.20. The minimum atomic E-state index is -1.03. The fraction of sp³-hybridized carbons (Fsp3) is 0.222. The minimum Gasteiger partial charge on any atom is -0.348 e. The molecule has 0 saturated heterocycles. The van der Waals surface area contributed by atoms with Crippen LogP contribution in [0.5, 0.6) is 0 Å². The van der Waals surface area contributed by atoms with E-state index in [0.717, 1.165) is 18.2 Å². The van der Waals surface area contributed by atoms with Crippen molar-refractivity contribution in [2.24, 2.45) is 0 Å². The van der Waals surface area contributed by atoms with Gasteiger partial charge in [-0.1, -0.05) is 12.1 Å². The van der Waals surface area contributed by atoms with E-state index in [-0.39, 0.29) is 11.3 Å². The lowest BCUT2D eigenvalue weighted by Crippen LogP contribution is -2.45. The molecule has 0 aliphatic heterocycles. The molecule has 2 rings (SSSR count). The number of nitrogens with one attached hydrogen (secondary N) is 2. The van der Waals surface area contributed by atoms with Crippen molar-refractivity contribution >= 4 is 17.5 Å². The van der Waals surface area contributed by atoms with Crippen LogP contribution in [0.15, 0.2) is 42.5 Å². The molecule has 0 fully saturated rings. The molecule has 0 aliphatic carbocycles. The predicted molar refractivity (Wildman–Crippen MR) is 92.9 cm³/mol. The van der Waals surface area contributed by atoms with Gasteiger partial charge < -0.3 is 10.6 Å². The third-order valence-electron chi connectivity index (χ3n) is 3.86. The van der Waals surface area contributed by atoms with Gasteiger partial charge in [0.2, 0.25) is 5.91 Å². The molecular formula is C18H17F2N3O4. The van der Waals surface area contributed by atoms with Crippen LogP contribution in [-0.2, 0) is 4.79 Å².